The molecule has 0 radical (unpaired) electrons. The summed E-state index contributed by atoms with van der Waals surface area (Å²) in [6.07, 6.45) is 3.26. The smallest absolute Gasteiger partial charge is 0.248 e. The van der Waals surface area contributed by atoms with Crippen molar-refractivity contribution >= 4 is 17.7 Å². The maximum atomic E-state index is 11.9. The fraction of sp³-hybridized carbons (Fsp3) is 0.167. The van der Waals surface area contributed by atoms with Gasteiger partial charge in [0, 0.05) is 11.8 Å². The number of carbonyl (C=O) groups is 1. The first-order valence-corrected chi connectivity index (χ1v) is 7.07. The highest BCUT2D eigenvalue weighted by molar-refractivity contribution is 6.01. The summed E-state index contributed by atoms with van der Waals surface area (Å²) in [5.41, 5.74) is 1.66. The van der Waals surface area contributed by atoms with E-state index in [2.05, 4.69) is 5.32 Å². The van der Waals surface area contributed by atoms with Crippen molar-refractivity contribution in [3.05, 3.63) is 60.2 Å². The first-order chi connectivity index (χ1) is 10.7. The molecule has 2 aromatic rings. The predicted octanol–water partition coefficient (Wildman–Crippen LogP) is 3.75. The molecular formula is C18H19NO3. The lowest BCUT2D eigenvalue weighted by molar-refractivity contribution is -0.111. The lowest BCUT2D eigenvalue weighted by Crippen LogP contribution is -2.07. The summed E-state index contributed by atoms with van der Waals surface area (Å²) in [5.74, 6) is 1.39. The van der Waals surface area contributed by atoms with Crippen molar-refractivity contribution < 1.29 is 14.3 Å². The number of methoxy groups -OCH3 is 1. The Labute approximate surface area is 130 Å². The Morgan fingerprint density at radius 2 is 1.68 bits per heavy atom. The molecule has 0 aliphatic heterocycles. The summed E-state index contributed by atoms with van der Waals surface area (Å²) in [6.45, 7) is 2.58. The van der Waals surface area contributed by atoms with Gasteiger partial charge in [0.2, 0.25) is 5.91 Å². The molecule has 0 heterocycles. The molecule has 1 N–H and O–H groups in total. The van der Waals surface area contributed by atoms with Crippen molar-refractivity contribution in [2.24, 2.45) is 0 Å². The second-order valence-corrected chi connectivity index (χ2v) is 4.55. The third-order valence-corrected chi connectivity index (χ3v) is 2.98. The van der Waals surface area contributed by atoms with Gasteiger partial charge in [-0.25, -0.2) is 0 Å². The molecule has 0 aliphatic carbocycles. The second kappa shape index (κ2) is 7.88. The van der Waals surface area contributed by atoms with Crippen LogP contribution < -0.4 is 14.8 Å². The fourth-order valence-corrected chi connectivity index (χ4v) is 1.87. The van der Waals surface area contributed by atoms with E-state index in [1.54, 1.807) is 37.5 Å². The molecule has 114 valence electrons. The highest BCUT2D eigenvalue weighted by atomic mass is 16.5. The topological polar surface area (TPSA) is 47.6 Å². The molecule has 2 aromatic carbocycles. The van der Waals surface area contributed by atoms with Crippen LogP contribution in [0.2, 0.25) is 0 Å². The minimum atomic E-state index is -0.181. The van der Waals surface area contributed by atoms with Crippen molar-refractivity contribution in [3.63, 3.8) is 0 Å². The Morgan fingerprint density at radius 1 is 1.05 bits per heavy atom. The Balaban J connectivity index is 1.92. The molecule has 0 saturated carbocycles. The van der Waals surface area contributed by atoms with E-state index in [0.29, 0.717) is 6.61 Å². The van der Waals surface area contributed by atoms with Crippen molar-refractivity contribution in [1.82, 2.24) is 0 Å². The molecule has 0 saturated heterocycles. The number of hydrogen-bond acceptors (Lipinski definition) is 3. The van der Waals surface area contributed by atoms with E-state index in [4.69, 9.17) is 9.47 Å². The van der Waals surface area contributed by atoms with Crippen LogP contribution in [0.3, 0.4) is 0 Å². The van der Waals surface area contributed by atoms with Gasteiger partial charge >= 0.3 is 0 Å². The number of anilines is 1. The zero-order valence-electron chi connectivity index (χ0n) is 12.7. The Kier molecular flexibility index (Phi) is 5.60. The monoisotopic (exact) mass is 297 g/mol. The molecular weight excluding hydrogens is 278 g/mol. The quantitative estimate of drug-likeness (QED) is 0.826. The van der Waals surface area contributed by atoms with Gasteiger partial charge in [-0.1, -0.05) is 12.1 Å². The van der Waals surface area contributed by atoms with E-state index >= 15 is 0 Å². The van der Waals surface area contributed by atoms with E-state index in [1.165, 1.54) is 6.08 Å². The fourth-order valence-electron chi connectivity index (χ4n) is 1.87. The number of rotatable bonds is 6. The highest BCUT2D eigenvalue weighted by Crippen LogP contribution is 2.15. The first-order valence-electron chi connectivity index (χ1n) is 7.07. The van der Waals surface area contributed by atoms with Gasteiger partial charge in [0.25, 0.3) is 0 Å². The van der Waals surface area contributed by atoms with Gasteiger partial charge in [0.15, 0.2) is 0 Å². The molecule has 0 unspecified atom stereocenters. The van der Waals surface area contributed by atoms with Crippen molar-refractivity contribution in [3.8, 4) is 11.5 Å². The van der Waals surface area contributed by atoms with Gasteiger partial charge in [-0.15, -0.1) is 0 Å². The SMILES string of the molecule is CCOc1ccc(/C=C\C(=O)Nc2ccc(OC)cc2)cc1. The number of amides is 1. The molecule has 0 atom stereocenters. The largest absolute Gasteiger partial charge is 0.497 e. The Hall–Kier alpha value is -2.75. The van der Waals surface area contributed by atoms with E-state index in [-0.39, 0.29) is 5.91 Å². The molecule has 0 spiro atoms. The molecule has 4 heteroatoms. The zero-order chi connectivity index (χ0) is 15.8. The summed E-state index contributed by atoms with van der Waals surface area (Å²) in [7, 11) is 1.60. The average molecular weight is 297 g/mol. The molecule has 1 amide bonds. The molecule has 0 fully saturated rings. The third-order valence-electron chi connectivity index (χ3n) is 2.98. The molecule has 2 rings (SSSR count). The van der Waals surface area contributed by atoms with Crippen LogP contribution in [0.25, 0.3) is 6.08 Å². The van der Waals surface area contributed by atoms with Gasteiger partial charge in [-0.2, -0.15) is 0 Å². The maximum absolute atomic E-state index is 11.9. The number of hydrogen-bond donors (Lipinski definition) is 1. The number of benzene rings is 2. The van der Waals surface area contributed by atoms with Crippen LogP contribution in [-0.4, -0.2) is 19.6 Å². The van der Waals surface area contributed by atoms with Gasteiger partial charge in [-0.05, 0) is 55.0 Å². The molecule has 0 aromatic heterocycles. The summed E-state index contributed by atoms with van der Waals surface area (Å²) >= 11 is 0. The van der Waals surface area contributed by atoms with E-state index < -0.39 is 0 Å². The molecule has 4 nitrogen and oxygen atoms in total. The molecule has 22 heavy (non-hydrogen) atoms. The second-order valence-electron chi connectivity index (χ2n) is 4.55. The third kappa shape index (κ3) is 4.66. The van der Waals surface area contributed by atoms with Crippen molar-refractivity contribution in [2.45, 2.75) is 6.92 Å². The number of ether oxygens (including phenoxy) is 2. The summed E-state index contributed by atoms with van der Waals surface area (Å²) < 4.78 is 10.4. The normalized spacial score (nSPS) is 10.5. The summed E-state index contributed by atoms with van der Waals surface area (Å²) in [5, 5.41) is 2.79. The standard InChI is InChI=1S/C18H19NO3/c1-3-22-17-9-4-14(5-10-17)6-13-18(20)19-15-7-11-16(21-2)12-8-15/h4-13H,3H2,1-2H3,(H,19,20)/b13-6-. The molecule has 0 bridgehead atoms. The van der Waals surface area contributed by atoms with Crippen molar-refractivity contribution in [2.75, 3.05) is 19.0 Å². The van der Waals surface area contributed by atoms with E-state index in [9.17, 15) is 4.79 Å². The van der Waals surface area contributed by atoms with Crippen LogP contribution in [-0.2, 0) is 4.79 Å². The Morgan fingerprint density at radius 3 is 2.27 bits per heavy atom. The van der Waals surface area contributed by atoms with Crippen LogP contribution in [0.1, 0.15) is 12.5 Å². The lowest BCUT2D eigenvalue weighted by Gasteiger charge is -2.04. The average Bonchev–Trinajstić information content (AvgIpc) is 2.55. The number of carbonyl (C=O) groups excluding carboxylic acids is 1. The van der Waals surface area contributed by atoms with Crippen LogP contribution in [0.15, 0.2) is 54.6 Å². The van der Waals surface area contributed by atoms with Crippen LogP contribution in [0.4, 0.5) is 5.69 Å². The van der Waals surface area contributed by atoms with Crippen LogP contribution >= 0.6 is 0 Å². The summed E-state index contributed by atoms with van der Waals surface area (Å²) in [6, 6.07) is 14.7. The minimum absolute atomic E-state index is 0.181. The number of nitrogens with one attached hydrogen (secondary N) is 1. The van der Waals surface area contributed by atoms with Crippen molar-refractivity contribution in [1.29, 1.82) is 0 Å². The van der Waals surface area contributed by atoms with Gasteiger partial charge in [-0.3, -0.25) is 4.79 Å². The first kappa shape index (κ1) is 15.6. The lowest BCUT2D eigenvalue weighted by atomic mass is 10.2. The van der Waals surface area contributed by atoms with Gasteiger partial charge in [0.1, 0.15) is 11.5 Å². The summed E-state index contributed by atoms with van der Waals surface area (Å²) in [4.78, 5) is 11.9. The van der Waals surface area contributed by atoms with E-state index in [0.717, 1.165) is 22.7 Å². The van der Waals surface area contributed by atoms with Gasteiger partial charge < -0.3 is 14.8 Å². The minimum Gasteiger partial charge on any atom is -0.497 e. The van der Waals surface area contributed by atoms with Gasteiger partial charge in [0.05, 0.1) is 13.7 Å². The maximum Gasteiger partial charge on any atom is 0.248 e. The van der Waals surface area contributed by atoms with Crippen LogP contribution in [0, 0.1) is 0 Å². The Bertz CT molecular complexity index is 630. The molecule has 0 aliphatic rings. The van der Waals surface area contributed by atoms with Crippen LogP contribution in [0.5, 0.6) is 11.5 Å². The van der Waals surface area contributed by atoms with E-state index in [1.807, 2.05) is 31.2 Å². The zero-order valence-corrected chi connectivity index (χ0v) is 12.7. The highest BCUT2D eigenvalue weighted by Gasteiger charge is 1.99. The predicted molar refractivity (Wildman–Crippen MR) is 88.3 cm³/mol.